The van der Waals surface area contributed by atoms with E-state index >= 15 is 0 Å². The lowest BCUT2D eigenvalue weighted by Gasteiger charge is -2.38. The van der Waals surface area contributed by atoms with Crippen molar-refractivity contribution in [1.82, 2.24) is 4.90 Å². The fourth-order valence-corrected chi connectivity index (χ4v) is 2.87. The Morgan fingerprint density at radius 2 is 2.29 bits per heavy atom. The molecular formula is C16H23NO4. The van der Waals surface area contributed by atoms with Crippen LogP contribution >= 0.6 is 0 Å². The van der Waals surface area contributed by atoms with Gasteiger partial charge in [0.1, 0.15) is 5.75 Å². The lowest BCUT2D eigenvalue weighted by molar-refractivity contribution is -0.151. The number of rotatable bonds is 5. The third-order valence-electron chi connectivity index (χ3n) is 4.20. The fraction of sp³-hybridized carbons (Fsp3) is 0.562. The van der Waals surface area contributed by atoms with E-state index in [4.69, 9.17) is 4.74 Å². The monoisotopic (exact) mass is 293 g/mol. The smallest absolute Gasteiger partial charge is 0.310 e. The number of carboxylic acid groups (broad SMARTS) is 1. The van der Waals surface area contributed by atoms with E-state index in [0.717, 1.165) is 18.5 Å². The van der Waals surface area contributed by atoms with Gasteiger partial charge in [0.05, 0.1) is 18.6 Å². The SMILES string of the molecule is COc1cccc(C(O)CN2CCCC(C)(C(=O)O)C2)c1. The van der Waals surface area contributed by atoms with Gasteiger partial charge in [0.25, 0.3) is 0 Å². The quantitative estimate of drug-likeness (QED) is 0.868. The summed E-state index contributed by atoms with van der Waals surface area (Å²) in [7, 11) is 1.59. The summed E-state index contributed by atoms with van der Waals surface area (Å²) in [4.78, 5) is 13.4. The summed E-state index contributed by atoms with van der Waals surface area (Å²) < 4.78 is 5.16. The number of aliphatic carboxylic acids is 1. The molecule has 1 aliphatic rings. The number of carboxylic acids is 1. The van der Waals surface area contributed by atoms with Gasteiger partial charge in [0.15, 0.2) is 0 Å². The number of nitrogens with zero attached hydrogens (tertiary/aromatic N) is 1. The third kappa shape index (κ3) is 3.74. The van der Waals surface area contributed by atoms with E-state index in [0.29, 0.717) is 25.3 Å². The molecule has 0 aromatic heterocycles. The molecule has 2 atom stereocenters. The Kier molecular flexibility index (Phi) is 4.85. The van der Waals surface area contributed by atoms with Crippen LogP contribution in [0, 0.1) is 5.41 Å². The standard InChI is InChI=1S/C16H23NO4/c1-16(15(19)20)7-4-8-17(11-16)10-14(18)12-5-3-6-13(9-12)21-2/h3,5-6,9,14,18H,4,7-8,10-11H2,1-2H3,(H,19,20). The molecule has 5 nitrogen and oxygen atoms in total. The maximum atomic E-state index is 11.4. The normalized spacial score (nSPS) is 24.5. The number of carbonyl (C=O) groups is 1. The predicted molar refractivity (Wildman–Crippen MR) is 79.4 cm³/mol. The minimum absolute atomic E-state index is 0.441. The van der Waals surface area contributed by atoms with Gasteiger partial charge < -0.3 is 14.9 Å². The zero-order valence-corrected chi connectivity index (χ0v) is 12.6. The number of methoxy groups -OCH3 is 1. The van der Waals surface area contributed by atoms with Gasteiger partial charge in [-0.05, 0) is 44.0 Å². The molecule has 0 radical (unpaired) electrons. The van der Waals surface area contributed by atoms with Gasteiger partial charge in [-0.25, -0.2) is 0 Å². The highest BCUT2D eigenvalue weighted by atomic mass is 16.5. The molecule has 0 bridgehead atoms. The van der Waals surface area contributed by atoms with Gasteiger partial charge in [0.2, 0.25) is 0 Å². The first-order chi connectivity index (χ1) is 9.94. The second kappa shape index (κ2) is 6.45. The molecule has 1 aromatic carbocycles. The Labute approximate surface area is 125 Å². The molecule has 0 amide bonds. The molecule has 0 saturated carbocycles. The van der Waals surface area contributed by atoms with Gasteiger partial charge in [-0.15, -0.1) is 0 Å². The number of benzene rings is 1. The third-order valence-corrected chi connectivity index (χ3v) is 4.20. The first-order valence-corrected chi connectivity index (χ1v) is 7.22. The molecule has 116 valence electrons. The predicted octanol–water partition coefficient (Wildman–Crippen LogP) is 1.92. The van der Waals surface area contributed by atoms with Crippen LogP contribution in [0.25, 0.3) is 0 Å². The molecular weight excluding hydrogens is 270 g/mol. The maximum absolute atomic E-state index is 11.4. The van der Waals surface area contributed by atoms with Crippen molar-refractivity contribution in [3.05, 3.63) is 29.8 Å². The van der Waals surface area contributed by atoms with Crippen molar-refractivity contribution < 1.29 is 19.7 Å². The van der Waals surface area contributed by atoms with Crippen LogP contribution < -0.4 is 4.74 Å². The second-order valence-electron chi connectivity index (χ2n) is 6.00. The average molecular weight is 293 g/mol. The zero-order chi connectivity index (χ0) is 15.5. The average Bonchev–Trinajstić information content (AvgIpc) is 2.47. The second-order valence-corrected chi connectivity index (χ2v) is 6.00. The van der Waals surface area contributed by atoms with Crippen LogP contribution in [0.15, 0.2) is 24.3 Å². The molecule has 2 rings (SSSR count). The molecule has 0 spiro atoms. The number of hydrogen-bond donors (Lipinski definition) is 2. The van der Waals surface area contributed by atoms with E-state index in [9.17, 15) is 15.0 Å². The number of likely N-dealkylation sites (tertiary alicyclic amines) is 1. The van der Waals surface area contributed by atoms with Gasteiger partial charge in [0, 0.05) is 13.1 Å². The van der Waals surface area contributed by atoms with E-state index in [2.05, 4.69) is 0 Å². The number of aliphatic hydroxyl groups excluding tert-OH is 1. The molecule has 2 N–H and O–H groups in total. The molecule has 1 aromatic rings. The number of piperidine rings is 1. The van der Waals surface area contributed by atoms with Crippen LogP contribution in [-0.4, -0.2) is 47.8 Å². The molecule has 2 unspecified atom stereocenters. The number of aliphatic hydroxyl groups is 1. The van der Waals surface area contributed by atoms with Crippen molar-refractivity contribution in [1.29, 1.82) is 0 Å². The number of hydrogen-bond acceptors (Lipinski definition) is 4. The van der Waals surface area contributed by atoms with Crippen LogP contribution in [0.3, 0.4) is 0 Å². The van der Waals surface area contributed by atoms with Crippen LogP contribution in [-0.2, 0) is 4.79 Å². The van der Waals surface area contributed by atoms with Crippen molar-refractivity contribution in [2.24, 2.45) is 5.41 Å². The maximum Gasteiger partial charge on any atom is 0.310 e. The van der Waals surface area contributed by atoms with Gasteiger partial charge >= 0.3 is 5.97 Å². The van der Waals surface area contributed by atoms with E-state index in [1.807, 2.05) is 29.2 Å². The lowest BCUT2D eigenvalue weighted by Crippen LogP contribution is -2.47. The van der Waals surface area contributed by atoms with E-state index < -0.39 is 17.5 Å². The summed E-state index contributed by atoms with van der Waals surface area (Å²) in [6.45, 7) is 3.52. The summed E-state index contributed by atoms with van der Waals surface area (Å²) in [6.07, 6.45) is 0.887. The zero-order valence-electron chi connectivity index (χ0n) is 12.6. The molecule has 1 aliphatic heterocycles. The fourth-order valence-electron chi connectivity index (χ4n) is 2.87. The highest BCUT2D eigenvalue weighted by Crippen LogP contribution is 2.31. The molecule has 1 fully saturated rings. The summed E-state index contributed by atoms with van der Waals surface area (Å²) in [5, 5.41) is 19.7. The summed E-state index contributed by atoms with van der Waals surface area (Å²) in [5.41, 5.74) is 0.0729. The summed E-state index contributed by atoms with van der Waals surface area (Å²) in [6, 6.07) is 7.34. The first-order valence-electron chi connectivity index (χ1n) is 7.22. The highest BCUT2D eigenvalue weighted by molar-refractivity contribution is 5.74. The number of β-amino-alcohol motifs (C(OH)–C–C–N with tert-alkyl or cyclic N) is 1. The van der Waals surface area contributed by atoms with Gasteiger partial charge in [-0.3, -0.25) is 9.69 Å². The van der Waals surface area contributed by atoms with Crippen LogP contribution in [0.4, 0.5) is 0 Å². The largest absolute Gasteiger partial charge is 0.497 e. The van der Waals surface area contributed by atoms with Crippen molar-refractivity contribution in [2.45, 2.75) is 25.9 Å². The molecule has 5 heteroatoms. The number of ether oxygens (including phenoxy) is 1. The Morgan fingerprint density at radius 1 is 1.52 bits per heavy atom. The molecule has 0 aliphatic carbocycles. The lowest BCUT2D eigenvalue weighted by atomic mass is 9.82. The van der Waals surface area contributed by atoms with E-state index in [1.165, 1.54) is 0 Å². The van der Waals surface area contributed by atoms with Gasteiger partial charge in [-0.2, -0.15) is 0 Å². The highest BCUT2D eigenvalue weighted by Gasteiger charge is 2.38. The van der Waals surface area contributed by atoms with Crippen molar-refractivity contribution in [3.8, 4) is 5.75 Å². The summed E-state index contributed by atoms with van der Waals surface area (Å²) in [5.74, 6) is -0.0522. The van der Waals surface area contributed by atoms with Crippen LogP contribution in [0.5, 0.6) is 5.75 Å². The van der Waals surface area contributed by atoms with E-state index in [-0.39, 0.29) is 0 Å². The topological polar surface area (TPSA) is 70.0 Å². The Morgan fingerprint density at radius 3 is 2.95 bits per heavy atom. The minimum atomic E-state index is -0.761. The van der Waals surface area contributed by atoms with E-state index in [1.54, 1.807) is 14.0 Å². The Hall–Kier alpha value is -1.59. The first kappa shape index (κ1) is 15.8. The van der Waals surface area contributed by atoms with Gasteiger partial charge in [-0.1, -0.05) is 12.1 Å². The molecule has 1 saturated heterocycles. The molecule has 21 heavy (non-hydrogen) atoms. The van der Waals surface area contributed by atoms with Crippen molar-refractivity contribution >= 4 is 5.97 Å². The minimum Gasteiger partial charge on any atom is -0.497 e. The Bertz CT molecular complexity index is 505. The van der Waals surface area contributed by atoms with Crippen LogP contribution in [0.2, 0.25) is 0 Å². The Balaban J connectivity index is 2.01. The van der Waals surface area contributed by atoms with Crippen molar-refractivity contribution in [2.75, 3.05) is 26.7 Å². The molecule has 1 heterocycles. The van der Waals surface area contributed by atoms with Crippen LogP contribution in [0.1, 0.15) is 31.4 Å². The summed E-state index contributed by atoms with van der Waals surface area (Å²) >= 11 is 0. The van der Waals surface area contributed by atoms with Crippen molar-refractivity contribution in [3.63, 3.8) is 0 Å².